The molecule has 0 saturated heterocycles. The van der Waals surface area contributed by atoms with E-state index in [1.54, 1.807) is 17.3 Å². The van der Waals surface area contributed by atoms with Crippen LogP contribution >= 0.6 is 0 Å². The third-order valence-electron chi connectivity index (χ3n) is 4.36. The lowest BCUT2D eigenvalue weighted by molar-refractivity contribution is 0.0982. The average Bonchev–Trinajstić information content (AvgIpc) is 2.67. The Morgan fingerprint density at radius 3 is 2.48 bits per heavy atom. The molecule has 2 heterocycles. The molecule has 1 aromatic carbocycles. The van der Waals surface area contributed by atoms with Gasteiger partial charge in [-0.25, -0.2) is 0 Å². The zero-order chi connectivity index (χ0) is 19.2. The van der Waals surface area contributed by atoms with Crippen LogP contribution in [-0.2, 0) is 13.0 Å². The van der Waals surface area contributed by atoms with Gasteiger partial charge in [0.05, 0.1) is 6.54 Å². The predicted molar refractivity (Wildman–Crippen MR) is 107 cm³/mol. The summed E-state index contributed by atoms with van der Waals surface area (Å²) in [6.45, 7) is 4.23. The van der Waals surface area contributed by atoms with Gasteiger partial charge < -0.3 is 9.88 Å². The summed E-state index contributed by atoms with van der Waals surface area (Å²) < 4.78 is 0. The van der Waals surface area contributed by atoms with Crippen molar-refractivity contribution in [3.8, 4) is 0 Å². The van der Waals surface area contributed by atoms with E-state index in [2.05, 4.69) is 9.97 Å². The largest absolute Gasteiger partial charge is 0.362 e. The van der Waals surface area contributed by atoms with E-state index in [-0.39, 0.29) is 16.9 Å². The van der Waals surface area contributed by atoms with Gasteiger partial charge in [-0.3, -0.25) is 14.6 Å². The molecular weight excluding hydrogens is 338 g/mol. The highest BCUT2D eigenvalue weighted by atomic mass is 16.2. The lowest BCUT2D eigenvalue weighted by Crippen LogP contribution is -2.35. The molecule has 138 valence electrons. The summed E-state index contributed by atoms with van der Waals surface area (Å²) in [4.78, 5) is 35.0. The lowest BCUT2D eigenvalue weighted by Gasteiger charge is -2.24. The van der Waals surface area contributed by atoms with Gasteiger partial charge in [-0.15, -0.1) is 0 Å². The van der Waals surface area contributed by atoms with Crippen LogP contribution in [0.2, 0.25) is 0 Å². The molecule has 3 rings (SSSR count). The first kappa shape index (κ1) is 18.6. The fourth-order valence-electron chi connectivity index (χ4n) is 3.12. The third-order valence-corrected chi connectivity index (χ3v) is 4.36. The Kier molecular flexibility index (Phi) is 5.81. The van der Waals surface area contributed by atoms with Crippen molar-refractivity contribution in [3.05, 3.63) is 93.7 Å². The molecule has 5 heteroatoms. The molecule has 0 atom stereocenters. The monoisotopic (exact) mass is 361 g/mol. The van der Waals surface area contributed by atoms with E-state index in [0.717, 1.165) is 23.4 Å². The second-order valence-corrected chi connectivity index (χ2v) is 6.50. The molecule has 0 fully saturated rings. The summed E-state index contributed by atoms with van der Waals surface area (Å²) in [5.74, 6) is -0.289. The fourth-order valence-corrected chi connectivity index (χ4v) is 3.12. The first-order valence-electron chi connectivity index (χ1n) is 9.08. The van der Waals surface area contributed by atoms with Gasteiger partial charge in [-0.05, 0) is 43.2 Å². The zero-order valence-electron chi connectivity index (χ0n) is 15.6. The van der Waals surface area contributed by atoms with Crippen LogP contribution in [0.3, 0.4) is 0 Å². The molecular formula is C22H23N3O2. The maximum Gasteiger partial charge on any atom is 0.264 e. The molecule has 0 unspecified atom stereocenters. The van der Waals surface area contributed by atoms with E-state index < -0.39 is 0 Å². The Morgan fingerprint density at radius 2 is 1.81 bits per heavy atom. The number of carbonyl (C=O) groups excluding carboxylic acids is 1. The second-order valence-electron chi connectivity index (χ2n) is 6.50. The number of aromatic nitrogens is 2. The molecule has 3 aromatic rings. The van der Waals surface area contributed by atoms with Crippen molar-refractivity contribution in [3.63, 3.8) is 0 Å². The number of carbonyl (C=O) groups is 1. The average molecular weight is 361 g/mol. The van der Waals surface area contributed by atoms with Crippen LogP contribution in [-0.4, -0.2) is 15.9 Å². The van der Waals surface area contributed by atoms with Crippen LogP contribution in [0.5, 0.6) is 0 Å². The van der Waals surface area contributed by atoms with Gasteiger partial charge in [-0.1, -0.05) is 31.5 Å². The first-order chi connectivity index (χ1) is 13.1. The molecule has 27 heavy (non-hydrogen) atoms. The number of aromatic amines is 1. The van der Waals surface area contributed by atoms with Crippen molar-refractivity contribution < 1.29 is 4.79 Å². The number of amides is 1. The van der Waals surface area contributed by atoms with E-state index in [0.29, 0.717) is 18.7 Å². The number of H-pyrrole nitrogens is 1. The molecule has 0 aliphatic heterocycles. The number of anilines is 1. The molecule has 0 bridgehead atoms. The van der Waals surface area contributed by atoms with Crippen LogP contribution in [0.15, 0.2) is 65.7 Å². The van der Waals surface area contributed by atoms with Crippen LogP contribution in [0, 0.1) is 6.92 Å². The van der Waals surface area contributed by atoms with E-state index in [4.69, 9.17) is 0 Å². The number of hydrogen-bond donors (Lipinski definition) is 1. The molecule has 0 aliphatic carbocycles. The number of rotatable bonds is 6. The molecule has 1 N–H and O–H groups in total. The summed E-state index contributed by atoms with van der Waals surface area (Å²) in [5, 5.41) is 0. The number of pyridine rings is 2. The summed E-state index contributed by atoms with van der Waals surface area (Å²) >= 11 is 0. The Balaban J connectivity index is 2.08. The third kappa shape index (κ3) is 4.31. The Morgan fingerprint density at radius 1 is 1.11 bits per heavy atom. The van der Waals surface area contributed by atoms with E-state index in [9.17, 15) is 9.59 Å². The standard InChI is InChI=1S/C22H23N3O2/c1-3-7-19-21(20(26)14-16(2)24-19)22(27)25(18-8-5-4-6-9-18)15-17-10-12-23-13-11-17/h4-6,8-14H,3,7,15H2,1-2H3,(H,24,26). The van der Waals surface area contributed by atoms with Crippen molar-refractivity contribution in [1.29, 1.82) is 0 Å². The first-order valence-corrected chi connectivity index (χ1v) is 9.08. The molecule has 0 spiro atoms. The summed E-state index contributed by atoms with van der Waals surface area (Å²) in [5.41, 5.74) is 3.14. The summed E-state index contributed by atoms with van der Waals surface area (Å²) in [6, 6.07) is 14.7. The van der Waals surface area contributed by atoms with Crippen molar-refractivity contribution >= 4 is 11.6 Å². The Bertz CT molecular complexity index is 966. The van der Waals surface area contributed by atoms with Gasteiger partial charge >= 0.3 is 0 Å². The van der Waals surface area contributed by atoms with Gasteiger partial charge in [-0.2, -0.15) is 0 Å². The van der Waals surface area contributed by atoms with Crippen LogP contribution in [0.1, 0.15) is 40.7 Å². The number of aryl methyl sites for hydroxylation is 2. The highest BCUT2D eigenvalue weighted by Gasteiger charge is 2.24. The minimum absolute atomic E-state index is 0.223. The maximum atomic E-state index is 13.5. The minimum atomic E-state index is -0.289. The molecule has 2 aromatic heterocycles. The molecule has 5 nitrogen and oxygen atoms in total. The number of nitrogens with zero attached hydrogens (tertiary/aromatic N) is 2. The van der Waals surface area contributed by atoms with Gasteiger partial charge in [0.25, 0.3) is 5.91 Å². The second kappa shape index (κ2) is 8.45. The predicted octanol–water partition coefficient (Wildman–Crippen LogP) is 3.88. The highest BCUT2D eigenvalue weighted by molar-refractivity contribution is 6.06. The van der Waals surface area contributed by atoms with Gasteiger partial charge in [0.1, 0.15) is 5.56 Å². The molecule has 1 amide bonds. The van der Waals surface area contributed by atoms with Crippen LogP contribution < -0.4 is 10.3 Å². The normalized spacial score (nSPS) is 10.6. The van der Waals surface area contributed by atoms with Crippen molar-refractivity contribution in [2.75, 3.05) is 4.90 Å². The quantitative estimate of drug-likeness (QED) is 0.725. The number of hydrogen-bond acceptors (Lipinski definition) is 3. The highest BCUT2D eigenvalue weighted by Crippen LogP contribution is 2.20. The lowest BCUT2D eigenvalue weighted by atomic mass is 10.1. The SMILES string of the molecule is CCCc1[nH]c(C)cc(=O)c1C(=O)N(Cc1ccncc1)c1ccccc1. The fraction of sp³-hybridized carbons (Fsp3) is 0.227. The van der Waals surface area contributed by atoms with Crippen molar-refractivity contribution in [2.45, 2.75) is 33.2 Å². The van der Waals surface area contributed by atoms with Crippen molar-refractivity contribution in [1.82, 2.24) is 9.97 Å². The van der Waals surface area contributed by atoms with Gasteiger partial charge in [0.15, 0.2) is 5.43 Å². The number of benzene rings is 1. The van der Waals surface area contributed by atoms with Gasteiger partial charge in [0.2, 0.25) is 0 Å². The molecule has 0 aliphatic rings. The summed E-state index contributed by atoms with van der Waals surface area (Å²) in [6.07, 6.45) is 4.89. The topological polar surface area (TPSA) is 66.1 Å². The smallest absolute Gasteiger partial charge is 0.264 e. The molecule has 0 radical (unpaired) electrons. The zero-order valence-corrected chi connectivity index (χ0v) is 15.6. The Hall–Kier alpha value is -3.21. The van der Waals surface area contributed by atoms with Crippen LogP contribution in [0.4, 0.5) is 5.69 Å². The van der Waals surface area contributed by atoms with Crippen molar-refractivity contribution in [2.24, 2.45) is 0 Å². The van der Waals surface area contributed by atoms with E-state index in [1.807, 2.05) is 56.3 Å². The minimum Gasteiger partial charge on any atom is -0.362 e. The maximum absolute atomic E-state index is 13.5. The summed E-state index contributed by atoms with van der Waals surface area (Å²) in [7, 11) is 0. The Labute approximate surface area is 158 Å². The number of para-hydroxylation sites is 1. The van der Waals surface area contributed by atoms with Crippen LogP contribution in [0.25, 0.3) is 0 Å². The molecule has 0 saturated carbocycles. The van der Waals surface area contributed by atoms with E-state index >= 15 is 0 Å². The van der Waals surface area contributed by atoms with Gasteiger partial charge in [0, 0.05) is 35.5 Å². The number of nitrogens with one attached hydrogen (secondary N) is 1. The van der Waals surface area contributed by atoms with E-state index in [1.165, 1.54) is 6.07 Å².